The minimum atomic E-state index is -1.16. The molecule has 36 heavy (non-hydrogen) atoms. The Labute approximate surface area is 209 Å². The number of nitrogens with one attached hydrogen (secondary N) is 2. The molecule has 11 heteroatoms. The number of benzene rings is 1. The minimum absolute atomic E-state index is 0.0436. The number of likely N-dealkylation sites (tertiary alicyclic amines) is 1. The van der Waals surface area contributed by atoms with Crippen molar-refractivity contribution < 1.29 is 24.2 Å². The molecule has 7 atom stereocenters. The fourth-order valence-electron chi connectivity index (χ4n) is 6.58. The summed E-state index contributed by atoms with van der Waals surface area (Å²) in [5.41, 5.74) is -0.550. The predicted octanol–water partition coefficient (Wildman–Crippen LogP) is 0.423. The lowest BCUT2D eigenvalue weighted by Gasteiger charge is -2.36. The van der Waals surface area contributed by atoms with Crippen LogP contribution in [0.25, 0.3) is 11.0 Å². The van der Waals surface area contributed by atoms with E-state index in [0.29, 0.717) is 18.5 Å². The average Bonchev–Trinajstić information content (AvgIpc) is 3.54. The Morgan fingerprint density at radius 2 is 2.03 bits per heavy atom. The van der Waals surface area contributed by atoms with Crippen molar-refractivity contribution in [3.63, 3.8) is 0 Å². The zero-order chi connectivity index (χ0) is 25.8. The first-order chi connectivity index (χ1) is 17.2. The van der Waals surface area contributed by atoms with Gasteiger partial charge in [0.1, 0.15) is 23.8 Å². The van der Waals surface area contributed by atoms with Crippen LogP contribution < -0.4 is 10.6 Å². The molecule has 4 heterocycles. The summed E-state index contributed by atoms with van der Waals surface area (Å²) >= 11 is 0. The van der Waals surface area contributed by atoms with Gasteiger partial charge in [0, 0.05) is 6.54 Å². The third kappa shape index (κ3) is 3.36. The van der Waals surface area contributed by atoms with E-state index < -0.39 is 41.0 Å². The molecule has 2 bridgehead atoms. The van der Waals surface area contributed by atoms with Crippen molar-refractivity contribution in [2.75, 3.05) is 13.2 Å². The number of aliphatic hydroxyl groups excluding tert-OH is 1. The Bertz CT molecular complexity index is 1200. The van der Waals surface area contributed by atoms with Crippen molar-refractivity contribution >= 4 is 28.8 Å². The summed E-state index contributed by atoms with van der Waals surface area (Å²) in [4.78, 5) is 42.4. The third-order valence-electron chi connectivity index (χ3n) is 8.39. The number of hydrogen-bond acceptors (Lipinski definition) is 7. The minimum Gasteiger partial charge on any atom is -0.394 e. The number of aliphatic hydroxyl groups is 1. The van der Waals surface area contributed by atoms with Crippen LogP contribution in [-0.2, 0) is 25.8 Å². The highest BCUT2D eigenvalue weighted by Gasteiger charge is 2.80. The van der Waals surface area contributed by atoms with E-state index in [1.165, 1.54) is 4.90 Å². The summed E-state index contributed by atoms with van der Waals surface area (Å²) in [6.45, 7) is 7.79. The van der Waals surface area contributed by atoms with Gasteiger partial charge in [0.05, 0.1) is 35.6 Å². The second kappa shape index (κ2) is 8.81. The standard InChI is InChI=1S/C25H34N6O5/c1-5-10-26-21(33)18-19-23(35)31(15(3)12-32)20(25(19)11-14(2)24(18,4)36-25)22(34)27-13-30-17-9-7-6-8-16(17)28-29-30/h6-9,14-15,18-20,32H,5,10-13H2,1-4H3,(H,26,33)(H,27,34)/t14?,15-,18-,19+,20?,24+,25?/m1/s1. The van der Waals surface area contributed by atoms with Gasteiger partial charge in [0.15, 0.2) is 0 Å². The molecular weight excluding hydrogens is 464 g/mol. The van der Waals surface area contributed by atoms with Crippen LogP contribution in [0, 0.1) is 17.8 Å². The van der Waals surface area contributed by atoms with Crippen LogP contribution in [0.1, 0.15) is 40.5 Å². The van der Waals surface area contributed by atoms with Crippen LogP contribution in [0.2, 0.25) is 0 Å². The van der Waals surface area contributed by atoms with E-state index >= 15 is 0 Å². The lowest BCUT2D eigenvalue weighted by Crippen LogP contribution is -2.57. The summed E-state index contributed by atoms with van der Waals surface area (Å²) in [7, 11) is 0. The topological polar surface area (TPSA) is 139 Å². The van der Waals surface area contributed by atoms with E-state index in [1.807, 2.05) is 45.0 Å². The Kier molecular flexibility index (Phi) is 6.03. The van der Waals surface area contributed by atoms with Gasteiger partial charge in [-0.1, -0.05) is 31.2 Å². The molecule has 1 spiro atoms. The number of para-hydroxylation sites is 1. The normalized spacial score (nSPS) is 33.7. The molecule has 3 fully saturated rings. The van der Waals surface area contributed by atoms with Gasteiger partial charge in [-0.25, -0.2) is 4.68 Å². The van der Waals surface area contributed by atoms with E-state index in [2.05, 4.69) is 20.9 Å². The third-order valence-corrected chi connectivity index (χ3v) is 8.39. The smallest absolute Gasteiger partial charge is 0.247 e. The fourth-order valence-corrected chi connectivity index (χ4v) is 6.58. The molecule has 3 unspecified atom stereocenters. The SMILES string of the molecule is CCCNC(=O)[C@H]1[C@H]2C(=O)N([C@H](C)CO)C(C(=O)NCn3nnc4ccccc43)C23CC(C)[C@]1(C)O3. The molecule has 3 saturated heterocycles. The van der Waals surface area contributed by atoms with Crippen molar-refractivity contribution in [1.29, 1.82) is 0 Å². The van der Waals surface area contributed by atoms with Gasteiger partial charge >= 0.3 is 0 Å². The van der Waals surface area contributed by atoms with Gasteiger partial charge in [0.25, 0.3) is 0 Å². The van der Waals surface area contributed by atoms with Crippen molar-refractivity contribution in [2.24, 2.45) is 17.8 Å². The van der Waals surface area contributed by atoms with Gasteiger partial charge in [-0.2, -0.15) is 0 Å². The van der Waals surface area contributed by atoms with Crippen LogP contribution in [0.5, 0.6) is 0 Å². The number of rotatable bonds is 8. The second-order valence-electron chi connectivity index (χ2n) is 10.5. The molecule has 1 aromatic heterocycles. The van der Waals surface area contributed by atoms with Gasteiger partial charge in [-0.15, -0.1) is 5.10 Å². The number of carbonyl (C=O) groups excluding carboxylic acids is 3. The zero-order valence-electron chi connectivity index (χ0n) is 21.1. The molecule has 1 aromatic carbocycles. The molecule has 194 valence electrons. The van der Waals surface area contributed by atoms with E-state index in [-0.39, 0.29) is 31.0 Å². The van der Waals surface area contributed by atoms with Gasteiger partial charge in [-0.3, -0.25) is 14.4 Å². The lowest BCUT2D eigenvalue weighted by atomic mass is 9.62. The molecule has 0 aliphatic carbocycles. The van der Waals surface area contributed by atoms with Gasteiger partial charge < -0.3 is 25.4 Å². The molecule has 5 rings (SSSR count). The van der Waals surface area contributed by atoms with Crippen molar-refractivity contribution in [1.82, 2.24) is 30.5 Å². The summed E-state index contributed by atoms with van der Waals surface area (Å²) in [6, 6.07) is 5.82. The van der Waals surface area contributed by atoms with Crippen LogP contribution in [0.3, 0.4) is 0 Å². The quantitative estimate of drug-likeness (QED) is 0.480. The molecule has 11 nitrogen and oxygen atoms in total. The fraction of sp³-hybridized carbons (Fsp3) is 0.640. The first-order valence-corrected chi connectivity index (χ1v) is 12.7. The Hall–Kier alpha value is -3.05. The zero-order valence-corrected chi connectivity index (χ0v) is 21.1. The van der Waals surface area contributed by atoms with Gasteiger partial charge in [-0.05, 0) is 44.7 Å². The molecule has 3 aliphatic rings. The first kappa shape index (κ1) is 24.6. The maximum absolute atomic E-state index is 13.9. The summed E-state index contributed by atoms with van der Waals surface area (Å²) < 4.78 is 8.21. The summed E-state index contributed by atoms with van der Waals surface area (Å²) in [6.07, 6.45) is 1.24. The Balaban J connectivity index is 1.49. The molecule has 2 aromatic rings. The molecule has 0 radical (unpaired) electrons. The summed E-state index contributed by atoms with van der Waals surface area (Å²) in [5, 5.41) is 24.1. The van der Waals surface area contributed by atoms with E-state index in [9.17, 15) is 19.5 Å². The summed E-state index contributed by atoms with van der Waals surface area (Å²) in [5.74, 6) is -2.51. The highest BCUT2D eigenvalue weighted by molar-refractivity contribution is 5.99. The Morgan fingerprint density at radius 1 is 1.28 bits per heavy atom. The molecule has 3 N–H and O–H groups in total. The Morgan fingerprint density at radius 3 is 2.75 bits per heavy atom. The number of carbonyl (C=O) groups is 3. The molecule has 0 saturated carbocycles. The van der Waals surface area contributed by atoms with E-state index in [4.69, 9.17) is 4.74 Å². The highest BCUT2D eigenvalue weighted by atomic mass is 16.5. The second-order valence-corrected chi connectivity index (χ2v) is 10.5. The maximum Gasteiger partial charge on any atom is 0.247 e. The van der Waals surface area contributed by atoms with E-state index in [1.54, 1.807) is 11.6 Å². The van der Waals surface area contributed by atoms with Crippen LogP contribution in [-0.4, -0.2) is 79.2 Å². The molecule has 3 amide bonds. The molecular formula is C25H34N6O5. The average molecular weight is 499 g/mol. The predicted molar refractivity (Wildman–Crippen MR) is 129 cm³/mol. The number of amides is 3. The number of hydrogen-bond donors (Lipinski definition) is 3. The maximum atomic E-state index is 13.9. The largest absolute Gasteiger partial charge is 0.394 e. The number of ether oxygens (including phenoxy) is 1. The lowest BCUT2D eigenvalue weighted by molar-refractivity contribution is -0.150. The van der Waals surface area contributed by atoms with Gasteiger partial charge in [0.2, 0.25) is 17.7 Å². The van der Waals surface area contributed by atoms with Crippen LogP contribution >= 0.6 is 0 Å². The van der Waals surface area contributed by atoms with E-state index in [0.717, 1.165) is 11.9 Å². The molecule has 3 aliphatic heterocycles. The van der Waals surface area contributed by atoms with Crippen molar-refractivity contribution in [2.45, 2.75) is 70.5 Å². The monoisotopic (exact) mass is 498 g/mol. The van der Waals surface area contributed by atoms with Crippen molar-refractivity contribution in [3.8, 4) is 0 Å². The number of aromatic nitrogens is 3. The first-order valence-electron chi connectivity index (χ1n) is 12.7. The number of nitrogens with zero attached hydrogens (tertiary/aromatic N) is 4. The number of fused-ring (bicyclic) bond motifs is 2. The highest BCUT2D eigenvalue weighted by Crippen LogP contribution is 2.65. The van der Waals surface area contributed by atoms with Crippen molar-refractivity contribution in [3.05, 3.63) is 24.3 Å². The van der Waals surface area contributed by atoms with Crippen LogP contribution in [0.4, 0.5) is 0 Å². The van der Waals surface area contributed by atoms with Crippen LogP contribution in [0.15, 0.2) is 24.3 Å².